The summed E-state index contributed by atoms with van der Waals surface area (Å²) in [6, 6.07) is 15.5. The highest BCUT2D eigenvalue weighted by atomic mass is 35.5. The summed E-state index contributed by atoms with van der Waals surface area (Å²) in [7, 11) is 0. The quantitative estimate of drug-likeness (QED) is 0.282. The highest BCUT2D eigenvalue weighted by Crippen LogP contribution is 2.32. The number of halogens is 2. The smallest absolute Gasteiger partial charge is 0.343 e. The summed E-state index contributed by atoms with van der Waals surface area (Å²) in [5.74, 6) is -1.92. The second-order valence-electron chi connectivity index (χ2n) is 7.63. The van der Waals surface area contributed by atoms with Gasteiger partial charge in [0.05, 0.1) is 16.3 Å². The third kappa shape index (κ3) is 4.48. The van der Waals surface area contributed by atoms with Crippen LogP contribution >= 0.6 is 23.2 Å². The van der Waals surface area contributed by atoms with Gasteiger partial charge in [-0.25, -0.2) is 9.69 Å². The van der Waals surface area contributed by atoms with Gasteiger partial charge >= 0.3 is 5.97 Å². The van der Waals surface area contributed by atoms with Crippen molar-refractivity contribution in [3.63, 3.8) is 0 Å². The van der Waals surface area contributed by atoms with Gasteiger partial charge in [0.25, 0.3) is 11.8 Å². The molecule has 0 unspecified atom stereocenters. The van der Waals surface area contributed by atoms with Crippen LogP contribution in [0.1, 0.15) is 21.5 Å². The van der Waals surface area contributed by atoms with E-state index in [1.165, 1.54) is 30.3 Å². The molecule has 34 heavy (non-hydrogen) atoms. The molecule has 0 fully saturated rings. The van der Waals surface area contributed by atoms with Gasteiger partial charge in [-0.15, -0.1) is 0 Å². The number of rotatable bonds is 5. The second-order valence-corrected chi connectivity index (χ2v) is 8.41. The molecule has 1 aliphatic heterocycles. The molecule has 0 aliphatic carbocycles. The second kappa shape index (κ2) is 9.21. The van der Waals surface area contributed by atoms with E-state index < -0.39 is 17.8 Å². The van der Waals surface area contributed by atoms with Crippen molar-refractivity contribution in [3.8, 4) is 11.5 Å². The number of carbonyl (C=O) groups excluding carboxylic acids is 3. The molecule has 0 radical (unpaired) electrons. The van der Waals surface area contributed by atoms with Gasteiger partial charge in [-0.2, -0.15) is 0 Å². The Balaban J connectivity index is 1.49. The maximum absolute atomic E-state index is 13.0. The maximum Gasteiger partial charge on any atom is 0.343 e. The third-order valence-electron chi connectivity index (χ3n) is 5.14. The Kier molecular flexibility index (Phi) is 6.32. The van der Waals surface area contributed by atoms with Gasteiger partial charge in [0.2, 0.25) is 0 Å². The Bertz CT molecular complexity index is 1370. The van der Waals surface area contributed by atoms with Crippen molar-refractivity contribution in [1.29, 1.82) is 0 Å². The van der Waals surface area contributed by atoms with Crippen molar-refractivity contribution in [2.24, 2.45) is 0 Å². The number of hydrogen-bond acceptors (Lipinski definition) is 6. The van der Waals surface area contributed by atoms with Crippen LogP contribution in [-0.4, -0.2) is 22.9 Å². The van der Waals surface area contributed by atoms with Gasteiger partial charge in [-0.3, -0.25) is 9.59 Å². The lowest BCUT2D eigenvalue weighted by Gasteiger charge is -2.18. The number of aryl methyl sites for hydroxylation is 2. The normalized spacial score (nSPS) is 13.5. The van der Waals surface area contributed by atoms with E-state index in [4.69, 9.17) is 27.9 Å². The lowest BCUT2D eigenvalue weighted by atomic mass is 10.1. The molecule has 0 atom stereocenters. The fraction of sp³-hybridized carbons (Fsp3) is 0.0800. The summed E-state index contributed by atoms with van der Waals surface area (Å²) in [4.78, 5) is 39.1. The van der Waals surface area contributed by atoms with Crippen LogP contribution in [0.5, 0.6) is 11.5 Å². The van der Waals surface area contributed by atoms with Crippen molar-refractivity contribution >= 4 is 52.4 Å². The molecule has 3 aromatic carbocycles. The Labute approximate surface area is 205 Å². The zero-order valence-corrected chi connectivity index (χ0v) is 19.6. The number of nitrogens with one attached hydrogen (secondary N) is 1. The molecule has 1 heterocycles. The lowest BCUT2D eigenvalue weighted by molar-refractivity contribution is -0.120. The molecule has 0 spiro atoms. The molecule has 9 heteroatoms. The minimum absolute atomic E-state index is 0.0568. The molecule has 2 amide bonds. The standard InChI is InChI=1S/C25H18Cl2N2O5/c1-13-3-10-19(14(2)11-13)29-23(31)21(27)22(24(29)32)28-16-6-4-15(5-7-16)25(33)34-17-8-9-18(26)20(30)12-17/h3-12,28,30H,1-2H3. The molecule has 7 nitrogen and oxygen atoms in total. The van der Waals surface area contributed by atoms with Gasteiger partial charge in [-0.05, 0) is 61.9 Å². The summed E-state index contributed by atoms with van der Waals surface area (Å²) < 4.78 is 5.23. The van der Waals surface area contributed by atoms with Crippen LogP contribution in [-0.2, 0) is 9.59 Å². The van der Waals surface area contributed by atoms with Crippen LogP contribution < -0.4 is 15.0 Å². The first-order valence-corrected chi connectivity index (χ1v) is 10.8. The van der Waals surface area contributed by atoms with Crippen molar-refractivity contribution < 1.29 is 24.2 Å². The first kappa shape index (κ1) is 23.4. The van der Waals surface area contributed by atoms with Crippen molar-refractivity contribution in [2.75, 3.05) is 10.2 Å². The van der Waals surface area contributed by atoms with E-state index in [0.29, 0.717) is 11.4 Å². The van der Waals surface area contributed by atoms with Crippen LogP contribution in [0.2, 0.25) is 5.02 Å². The van der Waals surface area contributed by atoms with Crippen LogP contribution in [0, 0.1) is 13.8 Å². The minimum atomic E-state index is -0.654. The number of phenolic OH excluding ortho intramolecular Hbond substituents is 1. The highest BCUT2D eigenvalue weighted by Gasteiger charge is 2.39. The number of carbonyl (C=O) groups is 3. The molecule has 1 aliphatic rings. The number of amides is 2. The van der Waals surface area contributed by atoms with Crippen LogP contribution in [0.15, 0.2) is 71.4 Å². The van der Waals surface area contributed by atoms with Crippen LogP contribution in [0.4, 0.5) is 11.4 Å². The molecule has 0 bridgehead atoms. The summed E-state index contributed by atoms with van der Waals surface area (Å²) in [6.07, 6.45) is 0. The Morgan fingerprint density at radius 1 is 0.941 bits per heavy atom. The van der Waals surface area contributed by atoms with E-state index in [9.17, 15) is 19.5 Å². The molecular formula is C25H18Cl2N2O5. The topological polar surface area (TPSA) is 95.9 Å². The number of benzene rings is 3. The molecule has 0 saturated heterocycles. The molecule has 3 aromatic rings. The van der Waals surface area contributed by atoms with E-state index in [2.05, 4.69) is 5.32 Å². The van der Waals surface area contributed by atoms with Gasteiger partial charge in [-0.1, -0.05) is 40.9 Å². The van der Waals surface area contributed by atoms with E-state index in [-0.39, 0.29) is 32.8 Å². The van der Waals surface area contributed by atoms with Crippen molar-refractivity contribution in [3.05, 3.63) is 93.1 Å². The van der Waals surface area contributed by atoms with E-state index in [1.807, 2.05) is 26.0 Å². The monoisotopic (exact) mass is 496 g/mol. The molecule has 0 aromatic heterocycles. The molecule has 0 saturated carbocycles. The van der Waals surface area contributed by atoms with E-state index in [1.54, 1.807) is 18.2 Å². The Morgan fingerprint density at radius 2 is 1.65 bits per heavy atom. The molecule has 172 valence electrons. The zero-order valence-electron chi connectivity index (χ0n) is 18.1. The predicted molar refractivity (Wildman–Crippen MR) is 129 cm³/mol. The summed E-state index contributed by atoms with van der Waals surface area (Å²) in [5, 5.41) is 12.4. The fourth-order valence-corrected chi connectivity index (χ4v) is 3.77. The number of imide groups is 1. The maximum atomic E-state index is 13.0. The lowest BCUT2D eigenvalue weighted by Crippen LogP contribution is -2.32. The third-order valence-corrected chi connectivity index (χ3v) is 5.81. The van der Waals surface area contributed by atoms with Crippen LogP contribution in [0.3, 0.4) is 0 Å². The molecule has 2 N–H and O–H groups in total. The van der Waals surface area contributed by atoms with Gasteiger partial charge in [0.15, 0.2) is 0 Å². The summed E-state index contributed by atoms with van der Waals surface area (Å²) in [6.45, 7) is 3.73. The number of hydrogen-bond donors (Lipinski definition) is 2. The number of esters is 1. The van der Waals surface area contributed by atoms with E-state index >= 15 is 0 Å². The summed E-state index contributed by atoms with van der Waals surface area (Å²) >= 11 is 11.9. The van der Waals surface area contributed by atoms with Gasteiger partial charge in [0.1, 0.15) is 22.2 Å². The SMILES string of the molecule is Cc1ccc(N2C(=O)C(Cl)=C(Nc3ccc(C(=O)Oc4ccc(Cl)c(O)c4)cc3)C2=O)c(C)c1. The number of nitrogens with zero attached hydrogens (tertiary/aromatic N) is 1. The van der Waals surface area contributed by atoms with E-state index in [0.717, 1.165) is 16.0 Å². The highest BCUT2D eigenvalue weighted by molar-refractivity contribution is 6.53. The van der Waals surface area contributed by atoms with Crippen molar-refractivity contribution in [2.45, 2.75) is 13.8 Å². The number of phenols is 1. The number of anilines is 2. The van der Waals surface area contributed by atoms with Gasteiger partial charge < -0.3 is 15.2 Å². The van der Waals surface area contributed by atoms with Crippen molar-refractivity contribution in [1.82, 2.24) is 0 Å². The molecule has 4 rings (SSSR count). The average molecular weight is 497 g/mol. The summed E-state index contributed by atoms with van der Waals surface area (Å²) in [5.41, 5.74) is 2.84. The molecular weight excluding hydrogens is 479 g/mol. The first-order valence-electron chi connectivity index (χ1n) is 10.1. The number of ether oxygens (including phenoxy) is 1. The largest absolute Gasteiger partial charge is 0.506 e. The predicted octanol–water partition coefficient (Wildman–Crippen LogP) is 5.32. The minimum Gasteiger partial charge on any atom is -0.506 e. The van der Waals surface area contributed by atoms with Crippen LogP contribution in [0.25, 0.3) is 0 Å². The first-order chi connectivity index (χ1) is 16.2. The zero-order chi connectivity index (χ0) is 24.6. The fourth-order valence-electron chi connectivity index (χ4n) is 3.44. The average Bonchev–Trinajstić information content (AvgIpc) is 3.00. The van der Waals surface area contributed by atoms with Gasteiger partial charge in [0, 0.05) is 11.8 Å². The Morgan fingerprint density at radius 3 is 2.29 bits per heavy atom. The number of aromatic hydroxyl groups is 1. The Hall–Kier alpha value is -3.81.